The number of amides is 1. The fourth-order valence-corrected chi connectivity index (χ4v) is 4.28. The third-order valence-corrected chi connectivity index (χ3v) is 5.39. The number of benzene rings is 1. The number of piperazine rings is 1. The van der Waals surface area contributed by atoms with Crippen molar-refractivity contribution in [3.8, 4) is 0 Å². The second kappa shape index (κ2) is 7.22. The molecule has 1 aromatic rings. The van der Waals surface area contributed by atoms with E-state index in [1.54, 1.807) is 24.0 Å². The van der Waals surface area contributed by atoms with Crippen molar-refractivity contribution in [1.82, 2.24) is 10.2 Å². The summed E-state index contributed by atoms with van der Waals surface area (Å²) in [6, 6.07) is 5.71. The fourth-order valence-electron chi connectivity index (χ4n) is 4.28. The maximum atomic E-state index is 13.5. The highest BCUT2D eigenvalue weighted by Crippen LogP contribution is 2.46. The van der Waals surface area contributed by atoms with Crippen molar-refractivity contribution in [2.45, 2.75) is 32.1 Å². The van der Waals surface area contributed by atoms with E-state index in [2.05, 4.69) is 5.32 Å². The summed E-state index contributed by atoms with van der Waals surface area (Å²) in [5.74, 6) is -2.17. The Bertz CT molecular complexity index is 917. The van der Waals surface area contributed by atoms with Gasteiger partial charge in [0.25, 0.3) is 5.91 Å². The lowest BCUT2D eigenvalue weighted by atomic mass is 9.74. The van der Waals surface area contributed by atoms with Crippen LogP contribution >= 0.6 is 0 Å². The number of hydrogen-bond acceptors (Lipinski definition) is 5. The van der Waals surface area contributed by atoms with Crippen LogP contribution in [0, 0.1) is 5.82 Å². The summed E-state index contributed by atoms with van der Waals surface area (Å²) in [5, 5.41) is 2.78. The molecule has 1 amide bonds. The molecule has 28 heavy (non-hydrogen) atoms. The van der Waals surface area contributed by atoms with Gasteiger partial charge in [-0.15, -0.1) is 0 Å². The number of rotatable bonds is 3. The number of nitrogens with one attached hydrogen (secondary N) is 1. The Morgan fingerprint density at radius 1 is 1.25 bits per heavy atom. The van der Waals surface area contributed by atoms with Crippen LogP contribution < -0.4 is 5.32 Å². The number of ketones is 1. The standard InChI is InChI=1S/C21H21FN2O4/c1-2-28-21(27)18-16(12-6-8-13(22)9-7-12)17-14(4-3-5-15(17)25)24-11-10-23-20(26)19(18)24/h6-9,16H,2-5,10-11H2,1H3,(H,23,26). The predicted octanol–water partition coefficient (Wildman–Crippen LogP) is 2.18. The van der Waals surface area contributed by atoms with Gasteiger partial charge in [0.1, 0.15) is 11.5 Å². The molecular weight excluding hydrogens is 363 g/mol. The van der Waals surface area contributed by atoms with Gasteiger partial charge < -0.3 is 15.0 Å². The molecule has 2 heterocycles. The molecule has 0 bridgehead atoms. The highest BCUT2D eigenvalue weighted by Gasteiger charge is 2.45. The molecule has 1 atom stereocenters. The van der Waals surface area contributed by atoms with E-state index in [-0.39, 0.29) is 29.6 Å². The normalized spacial score (nSPS) is 21.9. The van der Waals surface area contributed by atoms with Gasteiger partial charge in [-0.1, -0.05) is 12.1 Å². The molecule has 0 radical (unpaired) electrons. The van der Waals surface area contributed by atoms with E-state index in [9.17, 15) is 18.8 Å². The summed E-state index contributed by atoms with van der Waals surface area (Å²) >= 11 is 0. The van der Waals surface area contributed by atoms with Gasteiger partial charge in [-0.2, -0.15) is 0 Å². The molecule has 0 aromatic heterocycles. The summed E-state index contributed by atoms with van der Waals surface area (Å²) in [6.45, 7) is 2.76. The Balaban J connectivity index is 1.98. The van der Waals surface area contributed by atoms with Crippen molar-refractivity contribution in [1.29, 1.82) is 0 Å². The zero-order valence-electron chi connectivity index (χ0n) is 15.6. The molecule has 4 rings (SSSR count). The lowest BCUT2D eigenvalue weighted by Gasteiger charge is -2.43. The molecule has 1 aliphatic carbocycles. The number of carbonyl (C=O) groups is 3. The van der Waals surface area contributed by atoms with Crippen molar-refractivity contribution in [2.24, 2.45) is 0 Å². The first kappa shape index (κ1) is 18.4. The van der Waals surface area contributed by atoms with Crippen LogP contribution in [-0.2, 0) is 19.1 Å². The molecule has 146 valence electrons. The summed E-state index contributed by atoms with van der Waals surface area (Å²) in [6.07, 6.45) is 1.75. The minimum atomic E-state index is -0.738. The average molecular weight is 384 g/mol. The zero-order chi connectivity index (χ0) is 19.8. The minimum Gasteiger partial charge on any atom is -0.463 e. The second-order valence-electron chi connectivity index (χ2n) is 7.01. The molecule has 1 unspecified atom stereocenters. The van der Waals surface area contributed by atoms with Crippen LogP contribution in [0.4, 0.5) is 4.39 Å². The Hall–Kier alpha value is -2.96. The van der Waals surface area contributed by atoms with Crippen molar-refractivity contribution in [3.05, 3.63) is 58.2 Å². The monoisotopic (exact) mass is 384 g/mol. The molecular formula is C21H21FN2O4. The molecule has 1 saturated heterocycles. The molecule has 1 aromatic carbocycles. The van der Waals surface area contributed by atoms with Gasteiger partial charge in [0.05, 0.1) is 12.2 Å². The van der Waals surface area contributed by atoms with Gasteiger partial charge in [0.15, 0.2) is 5.78 Å². The highest BCUT2D eigenvalue weighted by molar-refractivity contribution is 6.09. The Morgan fingerprint density at radius 2 is 2.00 bits per heavy atom. The molecule has 1 N–H and O–H groups in total. The Labute approximate surface area is 162 Å². The maximum absolute atomic E-state index is 13.5. The van der Waals surface area contributed by atoms with Gasteiger partial charge in [-0.3, -0.25) is 9.59 Å². The largest absolute Gasteiger partial charge is 0.463 e. The van der Waals surface area contributed by atoms with Crippen LogP contribution in [0.2, 0.25) is 0 Å². The van der Waals surface area contributed by atoms with E-state index < -0.39 is 17.7 Å². The topological polar surface area (TPSA) is 75.7 Å². The molecule has 0 saturated carbocycles. The Kier molecular flexibility index (Phi) is 4.75. The van der Waals surface area contributed by atoms with E-state index in [1.165, 1.54) is 12.1 Å². The van der Waals surface area contributed by atoms with Crippen molar-refractivity contribution in [3.63, 3.8) is 0 Å². The predicted molar refractivity (Wildman–Crippen MR) is 98.4 cm³/mol. The summed E-state index contributed by atoms with van der Waals surface area (Å²) in [5.41, 5.74) is 2.31. The smallest absolute Gasteiger partial charge is 0.337 e. The van der Waals surface area contributed by atoms with Crippen molar-refractivity contribution < 1.29 is 23.5 Å². The van der Waals surface area contributed by atoms with Gasteiger partial charge >= 0.3 is 5.97 Å². The summed E-state index contributed by atoms with van der Waals surface area (Å²) in [7, 11) is 0. The molecule has 2 aliphatic heterocycles. The van der Waals surface area contributed by atoms with Gasteiger partial charge in [0, 0.05) is 36.7 Å². The fraction of sp³-hybridized carbons (Fsp3) is 0.381. The molecule has 3 aliphatic rings. The first-order chi connectivity index (χ1) is 13.5. The lowest BCUT2D eigenvalue weighted by molar-refractivity contribution is -0.139. The summed E-state index contributed by atoms with van der Waals surface area (Å²) < 4.78 is 18.8. The van der Waals surface area contributed by atoms with E-state index >= 15 is 0 Å². The average Bonchev–Trinajstić information content (AvgIpc) is 2.68. The lowest BCUT2D eigenvalue weighted by Crippen LogP contribution is -2.50. The minimum absolute atomic E-state index is 0.0394. The first-order valence-electron chi connectivity index (χ1n) is 9.51. The Morgan fingerprint density at radius 3 is 2.71 bits per heavy atom. The van der Waals surface area contributed by atoms with E-state index in [1.807, 2.05) is 0 Å². The van der Waals surface area contributed by atoms with Gasteiger partial charge in [-0.05, 0) is 37.5 Å². The third kappa shape index (κ3) is 2.91. The first-order valence-corrected chi connectivity index (χ1v) is 9.51. The molecule has 1 fully saturated rings. The number of fused-ring (bicyclic) bond motifs is 2. The second-order valence-corrected chi connectivity index (χ2v) is 7.01. The number of allylic oxidation sites excluding steroid dienone is 2. The van der Waals surface area contributed by atoms with Gasteiger partial charge in [0.2, 0.25) is 0 Å². The quantitative estimate of drug-likeness (QED) is 0.809. The number of halogens is 1. The molecule has 0 spiro atoms. The number of ether oxygens (including phenoxy) is 1. The van der Waals surface area contributed by atoms with E-state index in [0.29, 0.717) is 43.5 Å². The number of esters is 1. The number of nitrogens with zero attached hydrogens (tertiary/aromatic N) is 1. The van der Waals surface area contributed by atoms with Crippen molar-refractivity contribution in [2.75, 3.05) is 19.7 Å². The van der Waals surface area contributed by atoms with Crippen LogP contribution in [0.3, 0.4) is 0 Å². The number of carbonyl (C=O) groups excluding carboxylic acids is 3. The van der Waals surface area contributed by atoms with Crippen LogP contribution in [-0.4, -0.2) is 42.3 Å². The summed E-state index contributed by atoms with van der Waals surface area (Å²) in [4.78, 5) is 40.4. The van der Waals surface area contributed by atoms with Crippen LogP contribution in [0.5, 0.6) is 0 Å². The van der Waals surface area contributed by atoms with E-state index in [4.69, 9.17) is 4.74 Å². The molecule has 6 nitrogen and oxygen atoms in total. The SMILES string of the molecule is CCOC(=O)C1=C2C(=O)NCCN2C2=C(C(=O)CCC2)C1c1ccc(F)cc1. The number of hydrogen-bond donors (Lipinski definition) is 1. The third-order valence-electron chi connectivity index (χ3n) is 5.39. The van der Waals surface area contributed by atoms with Gasteiger partial charge in [-0.25, -0.2) is 9.18 Å². The van der Waals surface area contributed by atoms with Crippen LogP contribution in [0.25, 0.3) is 0 Å². The molecule has 7 heteroatoms. The maximum Gasteiger partial charge on any atom is 0.337 e. The van der Waals surface area contributed by atoms with Crippen molar-refractivity contribution >= 4 is 17.7 Å². The highest BCUT2D eigenvalue weighted by atomic mass is 19.1. The van der Waals surface area contributed by atoms with Crippen LogP contribution in [0.1, 0.15) is 37.7 Å². The number of Topliss-reactive ketones (excluding diaryl/α,β-unsaturated/α-hetero) is 1. The van der Waals surface area contributed by atoms with Crippen LogP contribution in [0.15, 0.2) is 46.8 Å². The van der Waals surface area contributed by atoms with E-state index in [0.717, 1.165) is 5.70 Å². The zero-order valence-corrected chi connectivity index (χ0v) is 15.6.